The topological polar surface area (TPSA) is 15.3 Å². The van der Waals surface area contributed by atoms with E-state index in [1.807, 2.05) is 0 Å². The Hall–Kier alpha value is -1.80. The van der Waals surface area contributed by atoms with E-state index in [2.05, 4.69) is 65.7 Å². The number of fused-ring (bicyclic) bond motifs is 1. The SMILES string of the molecule is CCNCc1cccc(CN2CCCc3ccccc32)c1. The molecular weight excluding hydrogens is 256 g/mol. The van der Waals surface area contributed by atoms with E-state index < -0.39 is 0 Å². The van der Waals surface area contributed by atoms with E-state index in [0.29, 0.717) is 0 Å². The highest BCUT2D eigenvalue weighted by atomic mass is 15.1. The van der Waals surface area contributed by atoms with Crippen molar-refractivity contribution in [2.75, 3.05) is 18.0 Å². The summed E-state index contributed by atoms with van der Waals surface area (Å²) in [5.74, 6) is 0. The molecule has 1 aliphatic heterocycles. The number of para-hydroxylation sites is 1. The van der Waals surface area contributed by atoms with Gasteiger partial charge in [-0.25, -0.2) is 0 Å². The van der Waals surface area contributed by atoms with Crippen LogP contribution in [0.25, 0.3) is 0 Å². The minimum absolute atomic E-state index is 0.959. The second-order valence-electron chi connectivity index (χ2n) is 5.75. The Balaban J connectivity index is 1.75. The summed E-state index contributed by atoms with van der Waals surface area (Å²) in [4.78, 5) is 2.52. The van der Waals surface area contributed by atoms with Crippen LogP contribution in [0.15, 0.2) is 48.5 Å². The van der Waals surface area contributed by atoms with Crippen molar-refractivity contribution >= 4 is 5.69 Å². The molecule has 0 fully saturated rings. The van der Waals surface area contributed by atoms with Gasteiger partial charge in [-0.2, -0.15) is 0 Å². The third kappa shape index (κ3) is 3.45. The summed E-state index contributed by atoms with van der Waals surface area (Å²) in [6.45, 7) is 6.30. The van der Waals surface area contributed by atoms with Gasteiger partial charge in [-0.1, -0.05) is 49.4 Å². The number of benzene rings is 2. The third-order valence-corrected chi connectivity index (χ3v) is 4.15. The summed E-state index contributed by atoms with van der Waals surface area (Å²) in [6.07, 6.45) is 2.47. The van der Waals surface area contributed by atoms with E-state index in [0.717, 1.165) is 26.2 Å². The molecule has 0 saturated heterocycles. The van der Waals surface area contributed by atoms with E-state index in [1.165, 1.54) is 35.2 Å². The number of nitrogens with one attached hydrogen (secondary N) is 1. The quantitative estimate of drug-likeness (QED) is 0.897. The van der Waals surface area contributed by atoms with E-state index in [1.54, 1.807) is 0 Å². The Morgan fingerprint density at radius 1 is 1.05 bits per heavy atom. The number of rotatable bonds is 5. The molecule has 21 heavy (non-hydrogen) atoms. The second kappa shape index (κ2) is 6.77. The molecule has 3 rings (SSSR count). The van der Waals surface area contributed by atoms with Gasteiger partial charge in [0.1, 0.15) is 0 Å². The van der Waals surface area contributed by atoms with Gasteiger partial charge in [0.15, 0.2) is 0 Å². The standard InChI is InChI=1S/C19H24N2/c1-2-20-14-16-7-5-8-17(13-16)15-21-12-6-10-18-9-3-4-11-19(18)21/h3-5,7-9,11,13,20H,2,6,10,12,14-15H2,1H3. The molecule has 2 aromatic carbocycles. The van der Waals surface area contributed by atoms with Gasteiger partial charge in [0, 0.05) is 25.3 Å². The molecule has 1 heterocycles. The van der Waals surface area contributed by atoms with Gasteiger partial charge in [0.05, 0.1) is 0 Å². The molecule has 0 amide bonds. The molecule has 110 valence electrons. The van der Waals surface area contributed by atoms with E-state index >= 15 is 0 Å². The molecule has 0 radical (unpaired) electrons. The average Bonchev–Trinajstić information content (AvgIpc) is 2.54. The minimum atomic E-state index is 0.959. The largest absolute Gasteiger partial charge is 0.367 e. The fraction of sp³-hybridized carbons (Fsp3) is 0.368. The van der Waals surface area contributed by atoms with Crippen molar-refractivity contribution < 1.29 is 0 Å². The van der Waals surface area contributed by atoms with Gasteiger partial charge >= 0.3 is 0 Å². The van der Waals surface area contributed by atoms with Crippen molar-refractivity contribution in [2.45, 2.75) is 32.9 Å². The molecule has 2 nitrogen and oxygen atoms in total. The summed E-state index contributed by atoms with van der Waals surface area (Å²) in [6, 6.07) is 17.8. The zero-order valence-electron chi connectivity index (χ0n) is 12.8. The lowest BCUT2D eigenvalue weighted by atomic mass is 10.0. The number of aryl methyl sites for hydroxylation is 1. The molecular formula is C19H24N2. The monoisotopic (exact) mass is 280 g/mol. The predicted molar refractivity (Wildman–Crippen MR) is 89.6 cm³/mol. The first-order valence-corrected chi connectivity index (χ1v) is 7.98. The molecule has 0 spiro atoms. The lowest BCUT2D eigenvalue weighted by molar-refractivity contribution is 0.689. The first-order chi connectivity index (χ1) is 10.4. The molecule has 1 aliphatic rings. The van der Waals surface area contributed by atoms with Crippen molar-refractivity contribution in [3.05, 3.63) is 65.2 Å². The Kier molecular flexibility index (Phi) is 4.56. The molecule has 2 heteroatoms. The predicted octanol–water partition coefficient (Wildman–Crippen LogP) is 3.75. The molecule has 0 unspecified atom stereocenters. The number of hydrogen-bond donors (Lipinski definition) is 1. The summed E-state index contributed by atoms with van der Waals surface area (Å²) in [7, 11) is 0. The van der Waals surface area contributed by atoms with Crippen molar-refractivity contribution in [3.8, 4) is 0 Å². The fourth-order valence-corrected chi connectivity index (χ4v) is 3.10. The Morgan fingerprint density at radius 3 is 2.81 bits per heavy atom. The minimum Gasteiger partial charge on any atom is -0.367 e. The van der Waals surface area contributed by atoms with Crippen molar-refractivity contribution in [1.29, 1.82) is 0 Å². The van der Waals surface area contributed by atoms with Gasteiger partial charge in [-0.3, -0.25) is 0 Å². The van der Waals surface area contributed by atoms with E-state index in [4.69, 9.17) is 0 Å². The zero-order chi connectivity index (χ0) is 14.5. The van der Waals surface area contributed by atoms with Crippen LogP contribution >= 0.6 is 0 Å². The van der Waals surface area contributed by atoms with E-state index in [9.17, 15) is 0 Å². The van der Waals surface area contributed by atoms with Crippen LogP contribution in [-0.4, -0.2) is 13.1 Å². The normalized spacial score (nSPS) is 14.0. The molecule has 2 aromatic rings. The Bertz CT molecular complexity index is 592. The Labute approximate surface area is 127 Å². The maximum Gasteiger partial charge on any atom is 0.0429 e. The fourth-order valence-electron chi connectivity index (χ4n) is 3.10. The number of hydrogen-bond acceptors (Lipinski definition) is 2. The van der Waals surface area contributed by atoms with Crippen LogP contribution in [0.5, 0.6) is 0 Å². The summed E-state index contributed by atoms with van der Waals surface area (Å²) in [5, 5.41) is 3.40. The summed E-state index contributed by atoms with van der Waals surface area (Å²) < 4.78 is 0. The molecule has 0 aliphatic carbocycles. The highest BCUT2D eigenvalue weighted by molar-refractivity contribution is 5.55. The second-order valence-corrected chi connectivity index (χ2v) is 5.75. The third-order valence-electron chi connectivity index (χ3n) is 4.15. The van der Waals surface area contributed by atoms with Crippen LogP contribution in [-0.2, 0) is 19.5 Å². The van der Waals surface area contributed by atoms with Gasteiger partial charge in [0.2, 0.25) is 0 Å². The van der Waals surface area contributed by atoms with Gasteiger partial charge in [-0.15, -0.1) is 0 Å². The lowest BCUT2D eigenvalue weighted by Gasteiger charge is -2.31. The van der Waals surface area contributed by atoms with Crippen LogP contribution in [0.4, 0.5) is 5.69 Å². The van der Waals surface area contributed by atoms with Crippen molar-refractivity contribution in [1.82, 2.24) is 5.32 Å². The molecule has 0 saturated carbocycles. The van der Waals surface area contributed by atoms with Crippen LogP contribution < -0.4 is 10.2 Å². The molecule has 0 aromatic heterocycles. The maximum absolute atomic E-state index is 3.40. The van der Waals surface area contributed by atoms with Gasteiger partial charge in [-0.05, 0) is 42.1 Å². The van der Waals surface area contributed by atoms with E-state index in [-0.39, 0.29) is 0 Å². The van der Waals surface area contributed by atoms with Crippen LogP contribution in [0.2, 0.25) is 0 Å². The lowest BCUT2D eigenvalue weighted by Crippen LogP contribution is -2.28. The zero-order valence-corrected chi connectivity index (χ0v) is 12.8. The first-order valence-electron chi connectivity index (χ1n) is 7.98. The summed E-state index contributed by atoms with van der Waals surface area (Å²) in [5.41, 5.74) is 5.69. The average molecular weight is 280 g/mol. The summed E-state index contributed by atoms with van der Waals surface area (Å²) >= 11 is 0. The van der Waals surface area contributed by atoms with Crippen LogP contribution in [0.1, 0.15) is 30.0 Å². The van der Waals surface area contributed by atoms with Crippen LogP contribution in [0, 0.1) is 0 Å². The molecule has 1 N–H and O–H groups in total. The molecule has 0 bridgehead atoms. The van der Waals surface area contributed by atoms with Crippen molar-refractivity contribution in [3.63, 3.8) is 0 Å². The molecule has 0 atom stereocenters. The smallest absolute Gasteiger partial charge is 0.0429 e. The Morgan fingerprint density at radius 2 is 1.90 bits per heavy atom. The highest BCUT2D eigenvalue weighted by Crippen LogP contribution is 2.28. The van der Waals surface area contributed by atoms with Crippen molar-refractivity contribution in [2.24, 2.45) is 0 Å². The highest BCUT2D eigenvalue weighted by Gasteiger charge is 2.16. The van der Waals surface area contributed by atoms with Crippen LogP contribution in [0.3, 0.4) is 0 Å². The number of nitrogens with zero attached hydrogens (tertiary/aromatic N) is 1. The van der Waals surface area contributed by atoms with Gasteiger partial charge in [0.25, 0.3) is 0 Å². The maximum atomic E-state index is 3.40. The number of anilines is 1. The van der Waals surface area contributed by atoms with Gasteiger partial charge < -0.3 is 10.2 Å². The first kappa shape index (κ1) is 14.2.